The average Bonchev–Trinajstić information content (AvgIpc) is 1.83. The Kier molecular flexibility index (Phi) is 1.73. The fraction of sp³-hybridized carbons (Fsp3) is 1.00. The second-order valence-corrected chi connectivity index (χ2v) is 7.21. The minimum Gasteiger partial charge on any atom is -0.306 e. The van der Waals surface area contributed by atoms with Gasteiger partial charge in [0.15, 0.2) is 7.29 Å². The standard InChI is InChI=1S/C7H16NOP/c1-5-8-6-7(2,3)10(8,4)9/h5-6H2,1-4H3. The molecule has 0 spiro atoms. The van der Waals surface area contributed by atoms with Crippen LogP contribution in [0.3, 0.4) is 0 Å². The van der Waals surface area contributed by atoms with Crippen molar-refractivity contribution in [1.82, 2.24) is 4.67 Å². The van der Waals surface area contributed by atoms with Crippen LogP contribution in [-0.2, 0) is 4.57 Å². The van der Waals surface area contributed by atoms with E-state index in [1.807, 2.05) is 6.66 Å². The van der Waals surface area contributed by atoms with E-state index in [0.717, 1.165) is 13.1 Å². The number of hydrogen-bond donors (Lipinski definition) is 0. The first-order valence-electron chi connectivity index (χ1n) is 3.75. The molecule has 1 unspecified atom stereocenters. The van der Waals surface area contributed by atoms with Crippen LogP contribution >= 0.6 is 7.29 Å². The van der Waals surface area contributed by atoms with Gasteiger partial charge in [0.1, 0.15) is 0 Å². The van der Waals surface area contributed by atoms with Crippen molar-refractivity contribution in [3.63, 3.8) is 0 Å². The van der Waals surface area contributed by atoms with E-state index >= 15 is 0 Å². The van der Waals surface area contributed by atoms with Gasteiger partial charge in [0.25, 0.3) is 0 Å². The van der Waals surface area contributed by atoms with Crippen molar-refractivity contribution in [3.05, 3.63) is 0 Å². The fourth-order valence-corrected chi connectivity index (χ4v) is 3.53. The van der Waals surface area contributed by atoms with Crippen molar-refractivity contribution < 1.29 is 4.57 Å². The zero-order chi connectivity index (χ0) is 7.99. The van der Waals surface area contributed by atoms with Crippen LogP contribution in [0.4, 0.5) is 0 Å². The van der Waals surface area contributed by atoms with Crippen molar-refractivity contribution in [2.45, 2.75) is 25.9 Å². The molecule has 0 radical (unpaired) electrons. The molecule has 1 fully saturated rings. The van der Waals surface area contributed by atoms with Gasteiger partial charge in [-0.2, -0.15) is 0 Å². The number of nitrogens with zero attached hydrogens (tertiary/aromatic N) is 1. The van der Waals surface area contributed by atoms with E-state index in [0.29, 0.717) is 0 Å². The predicted molar refractivity (Wildman–Crippen MR) is 44.9 cm³/mol. The number of rotatable bonds is 1. The van der Waals surface area contributed by atoms with E-state index in [2.05, 4.69) is 25.4 Å². The van der Waals surface area contributed by atoms with Crippen LogP contribution < -0.4 is 0 Å². The van der Waals surface area contributed by atoms with Gasteiger partial charge in [0, 0.05) is 24.9 Å². The van der Waals surface area contributed by atoms with Crippen molar-refractivity contribution in [1.29, 1.82) is 0 Å². The van der Waals surface area contributed by atoms with Crippen LogP contribution in [0.1, 0.15) is 20.8 Å². The van der Waals surface area contributed by atoms with Crippen LogP contribution in [0, 0.1) is 0 Å². The van der Waals surface area contributed by atoms with E-state index in [-0.39, 0.29) is 5.16 Å². The molecule has 0 N–H and O–H groups in total. The van der Waals surface area contributed by atoms with Crippen LogP contribution in [0.25, 0.3) is 0 Å². The molecule has 1 rings (SSSR count). The third-order valence-corrected chi connectivity index (χ3v) is 6.49. The molecule has 2 nitrogen and oxygen atoms in total. The lowest BCUT2D eigenvalue weighted by Crippen LogP contribution is -2.50. The average molecular weight is 161 g/mol. The summed E-state index contributed by atoms with van der Waals surface area (Å²) >= 11 is 0. The molecule has 10 heavy (non-hydrogen) atoms. The van der Waals surface area contributed by atoms with Crippen LogP contribution in [-0.4, -0.2) is 29.6 Å². The largest absolute Gasteiger partial charge is 0.306 e. The van der Waals surface area contributed by atoms with Gasteiger partial charge in [-0.3, -0.25) is 4.67 Å². The molecule has 0 amide bonds. The van der Waals surface area contributed by atoms with Gasteiger partial charge in [-0.1, -0.05) is 20.8 Å². The SMILES string of the molecule is CCN1CC(C)(C)P1(C)=O. The highest BCUT2D eigenvalue weighted by Crippen LogP contribution is 2.66. The summed E-state index contributed by atoms with van der Waals surface area (Å²) in [4.78, 5) is 0. The van der Waals surface area contributed by atoms with Crippen molar-refractivity contribution in [2.24, 2.45) is 0 Å². The fourth-order valence-electron chi connectivity index (χ4n) is 1.40. The molecule has 3 heteroatoms. The molecule has 0 aromatic carbocycles. The molecule has 1 aliphatic rings. The Morgan fingerprint density at radius 3 is 2.20 bits per heavy atom. The maximum Gasteiger partial charge on any atom is 0.154 e. The van der Waals surface area contributed by atoms with Gasteiger partial charge >= 0.3 is 0 Å². The van der Waals surface area contributed by atoms with Gasteiger partial charge in [0.05, 0.1) is 0 Å². The molecule has 1 heterocycles. The maximum absolute atomic E-state index is 11.8. The second-order valence-electron chi connectivity index (χ2n) is 3.67. The van der Waals surface area contributed by atoms with E-state index in [9.17, 15) is 4.57 Å². The van der Waals surface area contributed by atoms with Crippen molar-refractivity contribution in [2.75, 3.05) is 19.8 Å². The molecular weight excluding hydrogens is 145 g/mol. The predicted octanol–water partition coefficient (Wildman–Crippen LogP) is 2.01. The normalized spacial score (nSPS) is 39.2. The second kappa shape index (κ2) is 2.09. The summed E-state index contributed by atoms with van der Waals surface area (Å²) < 4.78 is 13.9. The molecule has 0 bridgehead atoms. The smallest absolute Gasteiger partial charge is 0.154 e. The van der Waals surface area contributed by atoms with Crippen LogP contribution in [0.2, 0.25) is 0 Å². The molecule has 0 aromatic heterocycles. The molecular formula is C7H16NOP. The summed E-state index contributed by atoms with van der Waals surface area (Å²) in [7, 11) is -1.95. The maximum atomic E-state index is 11.8. The molecule has 60 valence electrons. The summed E-state index contributed by atoms with van der Waals surface area (Å²) in [6, 6.07) is 0. The first-order valence-corrected chi connectivity index (χ1v) is 5.85. The summed E-state index contributed by atoms with van der Waals surface area (Å²) in [5.74, 6) is 0. The van der Waals surface area contributed by atoms with Gasteiger partial charge in [0.2, 0.25) is 0 Å². The minimum absolute atomic E-state index is 0.0724. The first-order chi connectivity index (χ1) is 4.42. The zero-order valence-electron chi connectivity index (χ0n) is 7.22. The van der Waals surface area contributed by atoms with E-state index in [4.69, 9.17) is 0 Å². The molecule has 0 aromatic rings. The van der Waals surface area contributed by atoms with Gasteiger partial charge in [-0.05, 0) is 0 Å². The summed E-state index contributed by atoms with van der Waals surface area (Å²) in [6.07, 6.45) is 0. The van der Waals surface area contributed by atoms with Crippen LogP contribution in [0.15, 0.2) is 0 Å². The minimum atomic E-state index is -1.95. The molecule has 0 aliphatic carbocycles. The Morgan fingerprint density at radius 1 is 1.60 bits per heavy atom. The third kappa shape index (κ3) is 0.860. The highest BCUT2D eigenvalue weighted by Gasteiger charge is 2.51. The van der Waals surface area contributed by atoms with Crippen molar-refractivity contribution in [3.8, 4) is 0 Å². The van der Waals surface area contributed by atoms with Crippen LogP contribution in [0.5, 0.6) is 0 Å². The van der Waals surface area contributed by atoms with Crippen molar-refractivity contribution >= 4 is 7.29 Å². The lowest BCUT2D eigenvalue weighted by atomic mass is 10.2. The van der Waals surface area contributed by atoms with Gasteiger partial charge in [-0.15, -0.1) is 0 Å². The van der Waals surface area contributed by atoms with E-state index in [1.54, 1.807) is 0 Å². The Balaban J connectivity index is 2.75. The summed E-state index contributed by atoms with van der Waals surface area (Å²) in [6.45, 7) is 10.0. The lowest BCUT2D eigenvalue weighted by Gasteiger charge is -2.51. The Morgan fingerprint density at radius 2 is 2.10 bits per heavy atom. The van der Waals surface area contributed by atoms with E-state index in [1.165, 1.54) is 0 Å². The Labute approximate surface area is 63.0 Å². The van der Waals surface area contributed by atoms with Gasteiger partial charge < -0.3 is 4.57 Å². The summed E-state index contributed by atoms with van der Waals surface area (Å²) in [5.41, 5.74) is 0. The number of hydrogen-bond acceptors (Lipinski definition) is 1. The quantitative estimate of drug-likeness (QED) is 0.548. The monoisotopic (exact) mass is 161 g/mol. The summed E-state index contributed by atoms with van der Waals surface area (Å²) in [5, 5.41) is 0.0724. The topological polar surface area (TPSA) is 20.3 Å². The van der Waals surface area contributed by atoms with E-state index < -0.39 is 7.29 Å². The van der Waals surface area contributed by atoms with Gasteiger partial charge in [-0.25, -0.2) is 0 Å². The Bertz CT molecular complexity index is 188. The molecule has 0 saturated carbocycles. The lowest BCUT2D eigenvalue weighted by molar-refractivity contribution is 0.307. The highest BCUT2D eigenvalue weighted by molar-refractivity contribution is 7.63. The zero-order valence-corrected chi connectivity index (χ0v) is 8.11. The third-order valence-electron chi connectivity index (χ3n) is 2.60. The molecule has 1 aliphatic heterocycles. The highest BCUT2D eigenvalue weighted by atomic mass is 31.2. The Hall–Kier alpha value is 0.190. The molecule has 1 atom stereocenters. The molecule has 1 saturated heterocycles. The first kappa shape index (κ1) is 8.29.